The Hall–Kier alpha value is -1.71. The summed E-state index contributed by atoms with van der Waals surface area (Å²) >= 11 is 0. The molecule has 1 saturated carbocycles. The van der Waals surface area contributed by atoms with Crippen molar-refractivity contribution in [2.45, 2.75) is 25.4 Å². The van der Waals surface area contributed by atoms with Gasteiger partial charge in [0.2, 0.25) is 0 Å². The molecule has 4 nitrogen and oxygen atoms in total. The molecule has 0 aliphatic heterocycles. The third-order valence-corrected chi connectivity index (χ3v) is 2.70. The van der Waals surface area contributed by atoms with Gasteiger partial charge < -0.3 is 15.4 Å². The maximum Gasteiger partial charge on any atom is 0.410 e. The van der Waals surface area contributed by atoms with Crippen molar-refractivity contribution in [2.24, 2.45) is 0 Å². The molecule has 0 radical (unpaired) electrons. The zero-order chi connectivity index (χ0) is 11.5. The zero-order valence-electron chi connectivity index (χ0n) is 9.35. The van der Waals surface area contributed by atoms with Crippen molar-refractivity contribution in [1.82, 2.24) is 4.90 Å². The van der Waals surface area contributed by atoms with Crippen LogP contribution in [-0.2, 0) is 11.3 Å². The van der Waals surface area contributed by atoms with Crippen LogP contribution in [-0.4, -0.2) is 24.1 Å². The second-order valence-corrected chi connectivity index (χ2v) is 4.07. The van der Waals surface area contributed by atoms with Gasteiger partial charge in [-0.25, -0.2) is 4.79 Å². The molecule has 1 aliphatic carbocycles. The van der Waals surface area contributed by atoms with Gasteiger partial charge in [0.15, 0.2) is 0 Å². The average molecular weight is 220 g/mol. The van der Waals surface area contributed by atoms with Crippen LogP contribution in [0.15, 0.2) is 24.3 Å². The van der Waals surface area contributed by atoms with Crippen molar-refractivity contribution in [3.05, 3.63) is 29.8 Å². The van der Waals surface area contributed by atoms with Crippen LogP contribution in [0.1, 0.15) is 18.4 Å². The van der Waals surface area contributed by atoms with Crippen molar-refractivity contribution in [2.75, 3.05) is 12.8 Å². The van der Waals surface area contributed by atoms with Gasteiger partial charge in [-0.05, 0) is 30.5 Å². The minimum Gasteiger partial charge on any atom is -0.453 e. The number of nitrogens with zero attached hydrogens (tertiary/aromatic N) is 1. The van der Waals surface area contributed by atoms with E-state index in [4.69, 9.17) is 10.5 Å². The highest BCUT2D eigenvalue weighted by molar-refractivity contribution is 5.68. The van der Waals surface area contributed by atoms with E-state index >= 15 is 0 Å². The van der Waals surface area contributed by atoms with E-state index in [1.54, 1.807) is 4.90 Å². The molecule has 1 aromatic rings. The molecule has 2 N–H and O–H groups in total. The van der Waals surface area contributed by atoms with Crippen LogP contribution < -0.4 is 5.73 Å². The molecule has 0 bridgehead atoms. The number of nitrogen functional groups attached to an aromatic ring is 1. The number of ether oxygens (including phenoxy) is 1. The van der Waals surface area contributed by atoms with E-state index in [9.17, 15) is 4.79 Å². The van der Waals surface area contributed by atoms with Crippen LogP contribution in [0.25, 0.3) is 0 Å². The lowest BCUT2D eigenvalue weighted by Crippen LogP contribution is -2.32. The van der Waals surface area contributed by atoms with Gasteiger partial charge >= 0.3 is 6.09 Å². The van der Waals surface area contributed by atoms with Gasteiger partial charge in [-0.3, -0.25) is 0 Å². The highest BCUT2D eigenvalue weighted by Crippen LogP contribution is 2.29. The first-order valence-electron chi connectivity index (χ1n) is 5.39. The lowest BCUT2D eigenvalue weighted by atomic mass is 10.2. The number of amides is 1. The number of hydrogen-bond donors (Lipinski definition) is 1. The molecule has 0 heterocycles. The summed E-state index contributed by atoms with van der Waals surface area (Å²) in [6, 6.07) is 7.93. The molecule has 0 saturated heterocycles. The van der Waals surface area contributed by atoms with Gasteiger partial charge in [-0.2, -0.15) is 0 Å². The Kier molecular flexibility index (Phi) is 2.99. The first kappa shape index (κ1) is 10.8. The third kappa shape index (κ3) is 2.45. The molecule has 0 atom stereocenters. The highest BCUT2D eigenvalue weighted by Gasteiger charge is 2.33. The number of rotatable bonds is 3. The van der Waals surface area contributed by atoms with Gasteiger partial charge in [0.05, 0.1) is 7.11 Å². The molecule has 0 aromatic heterocycles. The van der Waals surface area contributed by atoms with Crippen molar-refractivity contribution in [3.63, 3.8) is 0 Å². The lowest BCUT2D eigenvalue weighted by Gasteiger charge is -2.20. The maximum absolute atomic E-state index is 11.6. The summed E-state index contributed by atoms with van der Waals surface area (Å²) in [4.78, 5) is 13.3. The van der Waals surface area contributed by atoms with Crippen LogP contribution in [0.3, 0.4) is 0 Å². The first-order valence-corrected chi connectivity index (χ1v) is 5.39. The van der Waals surface area contributed by atoms with E-state index in [-0.39, 0.29) is 6.09 Å². The Morgan fingerprint density at radius 2 is 2.31 bits per heavy atom. The summed E-state index contributed by atoms with van der Waals surface area (Å²) in [5, 5.41) is 0. The molecule has 86 valence electrons. The molecule has 2 rings (SSSR count). The maximum atomic E-state index is 11.6. The number of methoxy groups -OCH3 is 1. The van der Waals surface area contributed by atoms with E-state index in [0.29, 0.717) is 12.6 Å². The van der Waals surface area contributed by atoms with Crippen molar-refractivity contribution < 1.29 is 9.53 Å². The molecule has 16 heavy (non-hydrogen) atoms. The van der Waals surface area contributed by atoms with Crippen LogP contribution in [0.4, 0.5) is 10.5 Å². The van der Waals surface area contributed by atoms with Gasteiger partial charge in [-0.15, -0.1) is 0 Å². The Morgan fingerprint density at radius 3 is 2.88 bits per heavy atom. The zero-order valence-corrected chi connectivity index (χ0v) is 9.35. The van der Waals surface area contributed by atoms with Gasteiger partial charge in [-0.1, -0.05) is 12.1 Å². The summed E-state index contributed by atoms with van der Waals surface area (Å²) in [7, 11) is 1.41. The molecular weight excluding hydrogens is 204 g/mol. The van der Waals surface area contributed by atoms with Crippen LogP contribution in [0.5, 0.6) is 0 Å². The Balaban J connectivity index is 2.08. The van der Waals surface area contributed by atoms with Crippen LogP contribution in [0, 0.1) is 0 Å². The fraction of sp³-hybridized carbons (Fsp3) is 0.417. The Morgan fingerprint density at radius 1 is 1.56 bits per heavy atom. The molecule has 4 heteroatoms. The van der Waals surface area contributed by atoms with Gasteiger partial charge in [0.1, 0.15) is 0 Å². The number of carbonyl (C=O) groups is 1. The monoisotopic (exact) mass is 220 g/mol. The highest BCUT2D eigenvalue weighted by atomic mass is 16.5. The largest absolute Gasteiger partial charge is 0.453 e. The Labute approximate surface area is 95.0 Å². The van der Waals surface area contributed by atoms with E-state index in [2.05, 4.69) is 0 Å². The van der Waals surface area contributed by atoms with E-state index < -0.39 is 0 Å². The summed E-state index contributed by atoms with van der Waals surface area (Å²) in [6.07, 6.45) is 1.87. The summed E-state index contributed by atoms with van der Waals surface area (Å²) in [6.45, 7) is 0.572. The fourth-order valence-electron chi connectivity index (χ4n) is 1.73. The molecule has 1 aliphatic rings. The minimum atomic E-state index is -0.259. The van der Waals surface area contributed by atoms with Gasteiger partial charge in [0, 0.05) is 18.3 Å². The molecule has 1 amide bonds. The number of anilines is 1. The molecule has 1 fully saturated rings. The molecule has 0 spiro atoms. The van der Waals surface area contributed by atoms with E-state index in [0.717, 1.165) is 24.1 Å². The predicted octanol–water partition coefficient (Wildman–Crippen LogP) is 2.00. The summed E-state index contributed by atoms with van der Waals surface area (Å²) in [5.41, 5.74) is 7.46. The minimum absolute atomic E-state index is 0.259. The second-order valence-electron chi connectivity index (χ2n) is 4.07. The smallest absolute Gasteiger partial charge is 0.410 e. The van der Waals surface area contributed by atoms with Crippen LogP contribution in [0.2, 0.25) is 0 Å². The lowest BCUT2D eigenvalue weighted by molar-refractivity contribution is 0.118. The summed E-state index contributed by atoms with van der Waals surface area (Å²) < 4.78 is 4.77. The summed E-state index contributed by atoms with van der Waals surface area (Å²) in [5.74, 6) is 0. The third-order valence-electron chi connectivity index (χ3n) is 2.70. The number of nitrogens with two attached hydrogens (primary N) is 1. The fourth-order valence-corrected chi connectivity index (χ4v) is 1.73. The van der Waals surface area contributed by atoms with E-state index in [1.165, 1.54) is 7.11 Å². The quantitative estimate of drug-likeness (QED) is 0.793. The number of carbonyl (C=O) groups excluding carboxylic acids is 1. The average Bonchev–Trinajstić information content (AvgIpc) is 3.09. The number of benzene rings is 1. The van der Waals surface area contributed by atoms with Crippen molar-refractivity contribution >= 4 is 11.8 Å². The van der Waals surface area contributed by atoms with Crippen LogP contribution >= 0.6 is 0 Å². The first-order chi connectivity index (χ1) is 7.70. The normalized spacial score (nSPS) is 14.6. The standard InChI is InChI=1S/C12H16N2O2/c1-16-12(15)14(11-5-6-11)8-9-3-2-4-10(13)7-9/h2-4,7,11H,5-6,8,13H2,1H3. The van der Waals surface area contributed by atoms with Crippen molar-refractivity contribution in [3.8, 4) is 0 Å². The topological polar surface area (TPSA) is 55.6 Å². The predicted molar refractivity (Wildman–Crippen MR) is 61.8 cm³/mol. The second kappa shape index (κ2) is 4.43. The Bertz CT molecular complexity index is 388. The molecular formula is C12H16N2O2. The van der Waals surface area contributed by atoms with Gasteiger partial charge in [0.25, 0.3) is 0 Å². The molecule has 1 aromatic carbocycles. The van der Waals surface area contributed by atoms with E-state index in [1.807, 2.05) is 24.3 Å². The van der Waals surface area contributed by atoms with Crippen molar-refractivity contribution in [1.29, 1.82) is 0 Å². The molecule has 0 unspecified atom stereocenters. The number of hydrogen-bond acceptors (Lipinski definition) is 3. The SMILES string of the molecule is COC(=O)N(Cc1cccc(N)c1)C1CC1.